The van der Waals surface area contributed by atoms with Gasteiger partial charge in [-0.25, -0.2) is 0 Å². The molecule has 0 amide bonds. The van der Waals surface area contributed by atoms with Crippen molar-refractivity contribution in [3.8, 4) is 0 Å². The van der Waals surface area contributed by atoms with Crippen molar-refractivity contribution in [2.24, 2.45) is 0 Å². The summed E-state index contributed by atoms with van der Waals surface area (Å²) in [5, 5.41) is 3.37. The Bertz CT molecular complexity index is 267. The average molecular weight is 204 g/mol. The molecule has 0 spiro atoms. The first-order chi connectivity index (χ1) is 7.43. The van der Waals surface area contributed by atoms with E-state index in [1.54, 1.807) is 0 Å². The molecule has 0 aliphatic rings. The number of pyridine rings is 1. The number of nitrogens with one attached hydrogen (secondary N) is 1. The van der Waals surface area contributed by atoms with Gasteiger partial charge in [0.15, 0.2) is 0 Å². The molecule has 0 aliphatic heterocycles. The quantitative estimate of drug-likeness (QED) is 0.545. The van der Waals surface area contributed by atoms with Crippen LogP contribution in [0.25, 0.3) is 0 Å². The molecule has 1 N–H and O–H groups in total. The molecule has 15 heavy (non-hydrogen) atoms. The number of rotatable bonds is 7. The molecule has 0 saturated heterocycles. The van der Waals surface area contributed by atoms with Gasteiger partial charge in [-0.3, -0.25) is 4.98 Å². The van der Waals surface area contributed by atoms with Gasteiger partial charge in [0.2, 0.25) is 0 Å². The molecule has 0 fully saturated rings. The predicted octanol–water partition coefficient (Wildman–Crippen LogP) is 2.57. The normalized spacial score (nSPS) is 11.0. The van der Waals surface area contributed by atoms with E-state index in [2.05, 4.69) is 35.4 Å². The highest BCUT2D eigenvalue weighted by Crippen LogP contribution is 1.97. The Morgan fingerprint density at radius 2 is 2.27 bits per heavy atom. The third-order valence-corrected chi connectivity index (χ3v) is 2.16. The summed E-state index contributed by atoms with van der Waals surface area (Å²) >= 11 is 0. The van der Waals surface area contributed by atoms with Gasteiger partial charge in [-0.15, -0.1) is 0 Å². The Balaban J connectivity index is 2.07. The summed E-state index contributed by atoms with van der Waals surface area (Å²) in [5.74, 6) is 0. The van der Waals surface area contributed by atoms with Gasteiger partial charge in [0.05, 0.1) is 0 Å². The van der Waals surface area contributed by atoms with Crippen LogP contribution in [0.2, 0.25) is 0 Å². The summed E-state index contributed by atoms with van der Waals surface area (Å²) in [5.41, 5.74) is 1.27. The zero-order chi connectivity index (χ0) is 10.8. The standard InChI is InChI=1S/C13H20N2/c1-2-9-14-10-5-3-4-7-13-8-6-11-15-12-13/h3-4,6,8,11-12,14H,2,5,7,9-10H2,1H3/b4-3+. The van der Waals surface area contributed by atoms with E-state index in [1.165, 1.54) is 12.0 Å². The van der Waals surface area contributed by atoms with E-state index in [9.17, 15) is 0 Å². The first-order valence-corrected chi connectivity index (χ1v) is 5.68. The van der Waals surface area contributed by atoms with Crippen LogP contribution in [0.4, 0.5) is 0 Å². The van der Waals surface area contributed by atoms with Crippen LogP contribution in [0, 0.1) is 0 Å². The van der Waals surface area contributed by atoms with Crippen molar-refractivity contribution >= 4 is 0 Å². The van der Waals surface area contributed by atoms with Crippen molar-refractivity contribution in [2.45, 2.75) is 26.2 Å². The molecule has 1 rings (SSSR count). The summed E-state index contributed by atoms with van der Waals surface area (Å²) in [6, 6.07) is 4.08. The highest BCUT2D eigenvalue weighted by molar-refractivity contribution is 5.12. The Kier molecular flexibility index (Phi) is 6.50. The van der Waals surface area contributed by atoms with Gasteiger partial charge in [0.25, 0.3) is 0 Å². The van der Waals surface area contributed by atoms with Crippen molar-refractivity contribution in [1.29, 1.82) is 0 Å². The van der Waals surface area contributed by atoms with E-state index in [0.29, 0.717) is 0 Å². The van der Waals surface area contributed by atoms with Gasteiger partial charge in [-0.1, -0.05) is 25.1 Å². The summed E-state index contributed by atoms with van der Waals surface area (Å²) in [6.07, 6.45) is 11.5. The van der Waals surface area contributed by atoms with E-state index >= 15 is 0 Å². The molecule has 0 aromatic carbocycles. The summed E-state index contributed by atoms with van der Waals surface area (Å²) in [7, 11) is 0. The van der Waals surface area contributed by atoms with Crippen molar-refractivity contribution in [1.82, 2.24) is 10.3 Å². The molecule has 0 atom stereocenters. The molecule has 0 radical (unpaired) electrons. The first kappa shape index (κ1) is 11.9. The van der Waals surface area contributed by atoms with Gasteiger partial charge >= 0.3 is 0 Å². The smallest absolute Gasteiger partial charge is 0.0303 e. The summed E-state index contributed by atoms with van der Waals surface area (Å²) in [4.78, 5) is 4.08. The third-order valence-electron chi connectivity index (χ3n) is 2.16. The fourth-order valence-corrected chi connectivity index (χ4v) is 1.34. The summed E-state index contributed by atoms with van der Waals surface area (Å²) < 4.78 is 0. The second kappa shape index (κ2) is 8.18. The minimum atomic E-state index is 0.988. The van der Waals surface area contributed by atoms with Crippen molar-refractivity contribution in [3.63, 3.8) is 0 Å². The molecule has 0 saturated carbocycles. The molecular weight excluding hydrogens is 184 g/mol. The Labute approximate surface area is 92.4 Å². The topological polar surface area (TPSA) is 24.9 Å². The lowest BCUT2D eigenvalue weighted by molar-refractivity contribution is 0.678. The molecule has 0 aliphatic carbocycles. The zero-order valence-corrected chi connectivity index (χ0v) is 9.45. The van der Waals surface area contributed by atoms with Crippen LogP contribution in [0.5, 0.6) is 0 Å². The van der Waals surface area contributed by atoms with Gasteiger partial charge in [0, 0.05) is 12.4 Å². The monoisotopic (exact) mass is 204 g/mol. The SMILES string of the molecule is CCCNCC/C=C/Cc1cccnc1. The molecule has 0 unspecified atom stereocenters. The van der Waals surface area contributed by atoms with Crippen LogP contribution >= 0.6 is 0 Å². The number of hydrogen-bond donors (Lipinski definition) is 1. The van der Waals surface area contributed by atoms with Gasteiger partial charge < -0.3 is 5.32 Å². The second-order valence-electron chi connectivity index (χ2n) is 3.58. The van der Waals surface area contributed by atoms with Crippen LogP contribution < -0.4 is 5.32 Å². The number of hydrogen-bond acceptors (Lipinski definition) is 2. The predicted molar refractivity (Wildman–Crippen MR) is 64.9 cm³/mol. The largest absolute Gasteiger partial charge is 0.316 e. The lowest BCUT2D eigenvalue weighted by Gasteiger charge is -1.98. The average Bonchev–Trinajstić information content (AvgIpc) is 2.29. The van der Waals surface area contributed by atoms with Crippen LogP contribution in [0.15, 0.2) is 36.7 Å². The maximum atomic E-state index is 4.08. The van der Waals surface area contributed by atoms with E-state index in [1.807, 2.05) is 18.5 Å². The zero-order valence-electron chi connectivity index (χ0n) is 9.45. The lowest BCUT2D eigenvalue weighted by Crippen LogP contribution is -2.14. The molecular formula is C13H20N2. The molecule has 1 aromatic rings. The van der Waals surface area contributed by atoms with Crippen LogP contribution in [-0.4, -0.2) is 18.1 Å². The minimum absolute atomic E-state index is 0.988. The van der Waals surface area contributed by atoms with Crippen molar-refractivity contribution in [3.05, 3.63) is 42.2 Å². The van der Waals surface area contributed by atoms with E-state index in [4.69, 9.17) is 0 Å². The maximum absolute atomic E-state index is 4.08. The highest BCUT2D eigenvalue weighted by Gasteiger charge is 1.86. The maximum Gasteiger partial charge on any atom is 0.0303 e. The van der Waals surface area contributed by atoms with Crippen LogP contribution in [-0.2, 0) is 6.42 Å². The Morgan fingerprint density at radius 1 is 1.33 bits per heavy atom. The fraction of sp³-hybridized carbons (Fsp3) is 0.462. The van der Waals surface area contributed by atoms with Crippen LogP contribution in [0.3, 0.4) is 0 Å². The minimum Gasteiger partial charge on any atom is -0.316 e. The Hall–Kier alpha value is -1.15. The lowest BCUT2D eigenvalue weighted by atomic mass is 10.2. The Morgan fingerprint density at radius 3 is 3.00 bits per heavy atom. The van der Waals surface area contributed by atoms with Crippen LogP contribution in [0.1, 0.15) is 25.3 Å². The van der Waals surface area contributed by atoms with Gasteiger partial charge in [-0.05, 0) is 44.0 Å². The van der Waals surface area contributed by atoms with Crippen molar-refractivity contribution in [2.75, 3.05) is 13.1 Å². The van der Waals surface area contributed by atoms with Crippen molar-refractivity contribution < 1.29 is 0 Å². The van der Waals surface area contributed by atoms with Gasteiger partial charge in [0.1, 0.15) is 0 Å². The van der Waals surface area contributed by atoms with E-state index < -0.39 is 0 Å². The van der Waals surface area contributed by atoms with E-state index in [0.717, 1.165) is 25.9 Å². The third kappa shape index (κ3) is 6.02. The second-order valence-corrected chi connectivity index (χ2v) is 3.58. The number of aromatic nitrogens is 1. The molecule has 2 heteroatoms. The summed E-state index contributed by atoms with van der Waals surface area (Å²) in [6.45, 7) is 4.39. The molecule has 0 bridgehead atoms. The fourth-order valence-electron chi connectivity index (χ4n) is 1.34. The molecule has 1 heterocycles. The molecule has 1 aromatic heterocycles. The molecule has 82 valence electrons. The number of nitrogens with zero attached hydrogens (tertiary/aromatic N) is 1. The van der Waals surface area contributed by atoms with Gasteiger partial charge in [-0.2, -0.15) is 0 Å². The first-order valence-electron chi connectivity index (χ1n) is 5.68. The van der Waals surface area contributed by atoms with E-state index in [-0.39, 0.29) is 0 Å². The number of allylic oxidation sites excluding steroid dienone is 1. The highest BCUT2D eigenvalue weighted by atomic mass is 14.8. The molecule has 2 nitrogen and oxygen atoms in total.